The Morgan fingerprint density at radius 3 is 2.00 bits per heavy atom. The molecule has 148 valence electrons. The molecule has 1 rings (SSSR count). The number of hydrogen-bond donors (Lipinski definition) is 2. The lowest BCUT2D eigenvalue weighted by atomic mass is 10.0. The van der Waals surface area contributed by atoms with Crippen molar-refractivity contribution in [2.24, 2.45) is 0 Å². The third-order valence-corrected chi connectivity index (χ3v) is 6.07. The molecule has 26 heavy (non-hydrogen) atoms. The Morgan fingerprint density at radius 2 is 1.46 bits per heavy atom. The molecular formula is C22H36O3S. The minimum absolute atomic E-state index is 0.0778. The van der Waals surface area contributed by atoms with Gasteiger partial charge in [-0.15, -0.1) is 11.8 Å². The maximum atomic E-state index is 11.3. The van der Waals surface area contributed by atoms with Crippen molar-refractivity contribution in [2.45, 2.75) is 94.1 Å². The van der Waals surface area contributed by atoms with Crippen LogP contribution in [0, 0.1) is 0 Å². The van der Waals surface area contributed by atoms with Gasteiger partial charge in [-0.05, 0) is 18.6 Å². The highest BCUT2D eigenvalue weighted by Gasteiger charge is 2.15. The van der Waals surface area contributed by atoms with Gasteiger partial charge in [0.2, 0.25) is 0 Å². The molecule has 0 aliphatic carbocycles. The number of thioether (sulfide) groups is 1. The van der Waals surface area contributed by atoms with Gasteiger partial charge < -0.3 is 10.2 Å². The smallest absolute Gasteiger partial charge is 0.336 e. The first kappa shape index (κ1) is 23.0. The monoisotopic (exact) mass is 380 g/mol. The van der Waals surface area contributed by atoms with Gasteiger partial charge in [-0.2, -0.15) is 0 Å². The fourth-order valence-corrected chi connectivity index (χ4v) is 4.31. The molecule has 4 heteroatoms. The van der Waals surface area contributed by atoms with Crippen molar-refractivity contribution in [3.8, 4) is 0 Å². The van der Waals surface area contributed by atoms with Crippen molar-refractivity contribution in [2.75, 3.05) is 6.61 Å². The summed E-state index contributed by atoms with van der Waals surface area (Å²) in [4.78, 5) is 12.0. The quantitative estimate of drug-likeness (QED) is 0.252. The Balaban J connectivity index is 2.13. The van der Waals surface area contributed by atoms with Crippen LogP contribution in [0.2, 0.25) is 0 Å². The van der Waals surface area contributed by atoms with E-state index in [1.807, 2.05) is 12.1 Å². The zero-order valence-corrected chi connectivity index (χ0v) is 17.1. The fourth-order valence-electron chi connectivity index (χ4n) is 3.15. The lowest BCUT2D eigenvalue weighted by molar-refractivity contribution is 0.0693. The summed E-state index contributed by atoms with van der Waals surface area (Å²) in [7, 11) is 0. The number of unbranched alkanes of at least 4 members (excludes halogenated alkanes) is 10. The second kappa shape index (κ2) is 15.1. The van der Waals surface area contributed by atoms with Gasteiger partial charge in [-0.3, -0.25) is 0 Å². The third-order valence-electron chi connectivity index (χ3n) is 4.74. The first-order chi connectivity index (χ1) is 12.7. The first-order valence-electron chi connectivity index (χ1n) is 10.3. The average Bonchev–Trinajstić information content (AvgIpc) is 2.65. The standard InChI is InChI=1S/C22H36O3S/c1-2-3-4-5-6-7-8-9-10-11-12-15-19(18-23)26-21-17-14-13-16-20(21)22(24)25/h13-14,16-17,19,23H,2-12,15,18H2,1H3,(H,24,25). The number of benzene rings is 1. The molecule has 2 N–H and O–H groups in total. The fraction of sp³-hybridized carbons (Fsp3) is 0.682. The molecule has 0 heterocycles. The van der Waals surface area contributed by atoms with Crippen LogP contribution < -0.4 is 0 Å². The van der Waals surface area contributed by atoms with Gasteiger partial charge in [0.25, 0.3) is 0 Å². The predicted molar refractivity (Wildman–Crippen MR) is 111 cm³/mol. The second-order valence-corrected chi connectivity index (χ2v) is 8.39. The van der Waals surface area contributed by atoms with E-state index in [2.05, 4.69) is 6.92 Å². The summed E-state index contributed by atoms with van der Waals surface area (Å²) in [5.74, 6) is -0.903. The number of carbonyl (C=O) groups is 1. The number of aromatic carboxylic acids is 1. The van der Waals surface area contributed by atoms with Gasteiger partial charge in [0.15, 0.2) is 0 Å². The molecule has 0 radical (unpaired) electrons. The van der Waals surface area contributed by atoms with E-state index in [-0.39, 0.29) is 11.9 Å². The van der Waals surface area contributed by atoms with Gasteiger partial charge in [-0.25, -0.2) is 4.79 Å². The number of aliphatic hydroxyl groups excluding tert-OH is 1. The Hall–Kier alpha value is -1.00. The van der Waals surface area contributed by atoms with Crippen LogP contribution >= 0.6 is 11.8 Å². The molecule has 0 saturated heterocycles. The molecule has 1 aromatic carbocycles. The summed E-state index contributed by atoms with van der Waals surface area (Å²) in [6.07, 6.45) is 15.4. The first-order valence-corrected chi connectivity index (χ1v) is 11.2. The summed E-state index contributed by atoms with van der Waals surface area (Å²) in [5, 5.41) is 18.9. The molecule has 0 saturated carbocycles. The van der Waals surface area contributed by atoms with Gasteiger partial charge in [-0.1, -0.05) is 89.7 Å². The highest BCUT2D eigenvalue weighted by atomic mass is 32.2. The lowest BCUT2D eigenvalue weighted by Crippen LogP contribution is -2.10. The van der Waals surface area contributed by atoms with Gasteiger partial charge in [0.05, 0.1) is 12.2 Å². The van der Waals surface area contributed by atoms with Crippen LogP contribution in [-0.2, 0) is 0 Å². The molecule has 0 bridgehead atoms. The summed E-state index contributed by atoms with van der Waals surface area (Å²) in [6, 6.07) is 7.05. The largest absolute Gasteiger partial charge is 0.478 e. The second-order valence-electron chi connectivity index (χ2n) is 7.05. The molecule has 0 aliphatic heterocycles. The predicted octanol–water partition coefficient (Wildman–Crippen LogP) is 6.54. The van der Waals surface area contributed by atoms with Crippen molar-refractivity contribution in [1.82, 2.24) is 0 Å². The number of aliphatic hydroxyl groups is 1. The van der Waals surface area contributed by atoms with Crippen LogP contribution in [-0.4, -0.2) is 28.0 Å². The maximum Gasteiger partial charge on any atom is 0.336 e. The van der Waals surface area contributed by atoms with Crippen LogP contribution in [0.1, 0.15) is 94.3 Å². The highest BCUT2D eigenvalue weighted by molar-refractivity contribution is 8.00. The molecule has 0 spiro atoms. The SMILES string of the molecule is CCCCCCCCCCCCCC(CO)Sc1ccccc1C(=O)O. The summed E-state index contributed by atoms with van der Waals surface area (Å²) in [5.41, 5.74) is 0.329. The topological polar surface area (TPSA) is 57.5 Å². The average molecular weight is 381 g/mol. The van der Waals surface area contributed by atoms with Gasteiger partial charge >= 0.3 is 5.97 Å². The summed E-state index contributed by atoms with van der Waals surface area (Å²) < 4.78 is 0. The molecule has 1 atom stereocenters. The van der Waals surface area contributed by atoms with E-state index in [4.69, 9.17) is 0 Å². The van der Waals surface area contributed by atoms with E-state index in [9.17, 15) is 15.0 Å². The van der Waals surface area contributed by atoms with Gasteiger partial charge in [0, 0.05) is 10.1 Å². The van der Waals surface area contributed by atoms with Crippen molar-refractivity contribution in [1.29, 1.82) is 0 Å². The molecular weight excluding hydrogens is 344 g/mol. The molecule has 3 nitrogen and oxygen atoms in total. The van der Waals surface area contributed by atoms with Crippen LogP contribution in [0.15, 0.2) is 29.2 Å². The summed E-state index contributed by atoms with van der Waals surface area (Å²) in [6.45, 7) is 2.35. The zero-order valence-electron chi connectivity index (χ0n) is 16.3. The Morgan fingerprint density at radius 1 is 0.923 bits per heavy atom. The highest BCUT2D eigenvalue weighted by Crippen LogP contribution is 2.29. The van der Waals surface area contributed by atoms with E-state index >= 15 is 0 Å². The number of hydrogen-bond acceptors (Lipinski definition) is 3. The third kappa shape index (κ3) is 10.2. The lowest BCUT2D eigenvalue weighted by Gasteiger charge is -2.15. The van der Waals surface area contributed by atoms with Crippen LogP contribution in [0.5, 0.6) is 0 Å². The number of carboxylic acid groups (broad SMARTS) is 1. The van der Waals surface area contributed by atoms with Gasteiger partial charge in [0.1, 0.15) is 0 Å². The van der Waals surface area contributed by atoms with Crippen molar-refractivity contribution in [3.05, 3.63) is 29.8 Å². The van der Waals surface area contributed by atoms with Crippen molar-refractivity contribution in [3.63, 3.8) is 0 Å². The normalized spacial score (nSPS) is 12.2. The zero-order chi connectivity index (χ0) is 19.0. The van der Waals surface area contributed by atoms with Crippen LogP contribution in [0.4, 0.5) is 0 Å². The van der Waals surface area contributed by atoms with E-state index < -0.39 is 5.97 Å². The molecule has 0 aliphatic rings. The number of rotatable bonds is 16. The van der Waals surface area contributed by atoms with E-state index in [1.165, 1.54) is 76.0 Å². The minimum atomic E-state index is -0.903. The van der Waals surface area contributed by atoms with Crippen LogP contribution in [0.3, 0.4) is 0 Å². The van der Waals surface area contributed by atoms with E-state index in [0.717, 1.165) is 17.7 Å². The molecule has 0 amide bonds. The molecule has 1 aromatic rings. The van der Waals surface area contributed by atoms with E-state index in [1.54, 1.807) is 12.1 Å². The van der Waals surface area contributed by atoms with Crippen LogP contribution in [0.25, 0.3) is 0 Å². The van der Waals surface area contributed by atoms with E-state index in [0.29, 0.717) is 5.56 Å². The Kier molecular flexibility index (Phi) is 13.4. The minimum Gasteiger partial charge on any atom is -0.478 e. The molecule has 0 aromatic heterocycles. The molecule has 0 fully saturated rings. The van der Waals surface area contributed by atoms with Crippen molar-refractivity contribution < 1.29 is 15.0 Å². The maximum absolute atomic E-state index is 11.3. The Bertz CT molecular complexity index is 490. The number of carboxylic acids is 1. The molecule has 1 unspecified atom stereocenters. The van der Waals surface area contributed by atoms with Crippen molar-refractivity contribution >= 4 is 17.7 Å². The summed E-state index contributed by atoms with van der Waals surface area (Å²) >= 11 is 1.49. The Labute approximate surface area is 163 Å².